The smallest absolute Gasteiger partial charge is 0.147 e. The van der Waals surface area contributed by atoms with Crippen LogP contribution in [0.2, 0.25) is 0 Å². The SMILES string of the molecule is CC#CCC(=O)C1CC2COCC(C1)N2Cc1ccccc1. The van der Waals surface area contributed by atoms with E-state index in [1.165, 1.54) is 5.56 Å². The molecule has 116 valence electrons. The third kappa shape index (κ3) is 3.40. The van der Waals surface area contributed by atoms with E-state index in [9.17, 15) is 4.79 Å². The molecule has 2 atom stereocenters. The average molecular weight is 297 g/mol. The van der Waals surface area contributed by atoms with Crippen LogP contribution in [0, 0.1) is 17.8 Å². The van der Waals surface area contributed by atoms with E-state index < -0.39 is 0 Å². The van der Waals surface area contributed by atoms with Crippen LogP contribution in [0.25, 0.3) is 0 Å². The highest BCUT2D eigenvalue weighted by atomic mass is 16.5. The number of piperidine rings is 1. The molecule has 0 aromatic heterocycles. The lowest BCUT2D eigenvalue weighted by Gasteiger charge is -2.48. The van der Waals surface area contributed by atoms with Gasteiger partial charge in [0.25, 0.3) is 0 Å². The van der Waals surface area contributed by atoms with E-state index in [0.29, 0.717) is 24.3 Å². The van der Waals surface area contributed by atoms with Gasteiger partial charge in [-0.1, -0.05) is 36.3 Å². The Kier molecular flexibility index (Phi) is 4.92. The number of nitrogens with zero attached hydrogens (tertiary/aromatic N) is 1. The molecule has 2 saturated heterocycles. The van der Waals surface area contributed by atoms with E-state index in [1.54, 1.807) is 6.92 Å². The van der Waals surface area contributed by atoms with Gasteiger partial charge < -0.3 is 4.74 Å². The Labute approximate surface area is 132 Å². The largest absolute Gasteiger partial charge is 0.378 e. The molecule has 0 spiro atoms. The second-order valence-electron chi connectivity index (χ2n) is 6.24. The number of carbonyl (C=O) groups is 1. The maximum absolute atomic E-state index is 12.3. The molecule has 3 nitrogen and oxygen atoms in total. The number of ketones is 1. The minimum Gasteiger partial charge on any atom is -0.378 e. The van der Waals surface area contributed by atoms with Crippen LogP contribution in [0.4, 0.5) is 0 Å². The molecule has 0 radical (unpaired) electrons. The van der Waals surface area contributed by atoms with Gasteiger partial charge in [0.05, 0.1) is 19.6 Å². The normalized spacial score (nSPS) is 27.8. The Morgan fingerprint density at radius 2 is 1.91 bits per heavy atom. The summed E-state index contributed by atoms with van der Waals surface area (Å²) in [5, 5.41) is 0. The average Bonchev–Trinajstić information content (AvgIpc) is 2.53. The van der Waals surface area contributed by atoms with Crippen LogP contribution in [-0.4, -0.2) is 36.0 Å². The molecule has 1 aromatic rings. The van der Waals surface area contributed by atoms with Crippen molar-refractivity contribution in [3.63, 3.8) is 0 Å². The van der Waals surface area contributed by atoms with Crippen LogP contribution in [0.15, 0.2) is 30.3 Å². The summed E-state index contributed by atoms with van der Waals surface area (Å²) in [6, 6.07) is 11.3. The zero-order chi connectivity index (χ0) is 15.4. The number of morpholine rings is 1. The van der Waals surface area contributed by atoms with Gasteiger partial charge in [-0.15, -0.1) is 5.92 Å². The fraction of sp³-hybridized carbons (Fsp3) is 0.526. The van der Waals surface area contributed by atoms with E-state index in [0.717, 1.165) is 32.6 Å². The molecule has 3 rings (SSSR count). The minimum atomic E-state index is 0.159. The van der Waals surface area contributed by atoms with Crippen molar-refractivity contribution in [2.24, 2.45) is 5.92 Å². The molecule has 0 aliphatic carbocycles. The molecule has 3 heteroatoms. The lowest BCUT2D eigenvalue weighted by molar-refractivity contribution is -0.132. The number of fused-ring (bicyclic) bond motifs is 2. The molecule has 0 N–H and O–H groups in total. The summed E-state index contributed by atoms with van der Waals surface area (Å²) >= 11 is 0. The molecule has 2 fully saturated rings. The molecule has 2 unspecified atom stereocenters. The first kappa shape index (κ1) is 15.3. The highest BCUT2D eigenvalue weighted by Crippen LogP contribution is 2.33. The summed E-state index contributed by atoms with van der Waals surface area (Å²) in [5.41, 5.74) is 1.33. The molecule has 1 aromatic carbocycles. The molecule has 2 heterocycles. The monoisotopic (exact) mass is 297 g/mol. The van der Waals surface area contributed by atoms with Crippen molar-refractivity contribution in [3.05, 3.63) is 35.9 Å². The van der Waals surface area contributed by atoms with Crippen molar-refractivity contribution in [2.45, 2.75) is 44.8 Å². The first-order chi connectivity index (χ1) is 10.8. The molecule has 0 saturated carbocycles. The van der Waals surface area contributed by atoms with Crippen LogP contribution >= 0.6 is 0 Å². The zero-order valence-corrected chi connectivity index (χ0v) is 13.1. The topological polar surface area (TPSA) is 29.5 Å². The molecule has 2 aliphatic heterocycles. The number of ether oxygens (including phenoxy) is 1. The summed E-state index contributed by atoms with van der Waals surface area (Å²) < 4.78 is 5.73. The Bertz CT molecular complexity index is 558. The fourth-order valence-electron chi connectivity index (χ4n) is 3.62. The quantitative estimate of drug-likeness (QED) is 0.800. The van der Waals surface area contributed by atoms with Gasteiger partial charge in [-0.25, -0.2) is 0 Å². The fourth-order valence-corrected chi connectivity index (χ4v) is 3.62. The van der Waals surface area contributed by atoms with Crippen molar-refractivity contribution in [3.8, 4) is 11.8 Å². The van der Waals surface area contributed by atoms with E-state index in [4.69, 9.17) is 4.74 Å². The summed E-state index contributed by atoms with van der Waals surface area (Å²) in [4.78, 5) is 14.8. The van der Waals surface area contributed by atoms with Crippen LogP contribution in [0.5, 0.6) is 0 Å². The van der Waals surface area contributed by atoms with Crippen molar-refractivity contribution in [1.29, 1.82) is 0 Å². The summed E-state index contributed by atoms with van der Waals surface area (Å²) in [5.74, 6) is 6.21. The third-order valence-corrected chi connectivity index (χ3v) is 4.77. The van der Waals surface area contributed by atoms with Crippen LogP contribution in [0.1, 0.15) is 31.7 Å². The number of hydrogen-bond acceptors (Lipinski definition) is 3. The van der Waals surface area contributed by atoms with Crippen molar-refractivity contribution in [2.75, 3.05) is 13.2 Å². The van der Waals surface area contributed by atoms with Crippen molar-refractivity contribution >= 4 is 5.78 Å². The van der Waals surface area contributed by atoms with Crippen molar-refractivity contribution < 1.29 is 9.53 Å². The van der Waals surface area contributed by atoms with Gasteiger partial charge in [0.1, 0.15) is 5.78 Å². The molecular formula is C19H23NO2. The first-order valence-corrected chi connectivity index (χ1v) is 8.07. The molecule has 22 heavy (non-hydrogen) atoms. The Morgan fingerprint density at radius 1 is 1.23 bits per heavy atom. The second-order valence-corrected chi connectivity index (χ2v) is 6.24. The Hall–Kier alpha value is -1.63. The number of rotatable bonds is 4. The van der Waals surface area contributed by atoms with Gasteiger partial charge in [-0.2, -0.15) is 0 Å². The first-order valence-electron chi connectivity index (χ1n) is 8.07. The molecular weight excluding hydrogens is 274 g/mol. The van der Waals surface area contributed by atoms with Gasteiger partial charge >= 0.3 is 0 Å². The molecule has 2 bridgehead atoms. The standard InChI is InChI=1S/C19H23NO2/c1-2-3-9-19(21)16-10-17-13-22-14-18(11-16)20(17)12-15-7-5-4-6-8-15/h4-8,16-18H,9-14H2,1H3. The Morgan fingerprint density at radius 3 is 2.55 bits per heavy atom. The number of Topliss-reactive ketones (excluding diaryl/α,β-unsaturated/α-hetero) is 1. The van der Waals surface area contributed by atoms with Gasteiger partial charge in [0, 0.05) is 24.5 Å². The van der Waals surface area contributed by atoms with Crippen LogP contribution in [-0.2, 0) is 16.1 Å². The maximum Gasteiger partial charge on any atom is 0.147 e. The maximum atomic E-state index is 12.3. The van der Waals surface area contributed by atoms with E-state index in [1.807, 2.05) is 6.07 Å². The highest BCUT2D eigenvalue weighted by molar-refractivity contribution is 5.83. The summed E-state index contributed by atoms with van der Waals surface area (Å²) in [6.45, 7) is 4.23. The lowest BCUT2D eigenvalue weighted by atomic mass is 9.81. The number of carbonyl (C=O) groups excluding carboxylic acids is 1. The predicted molar refractivity (Wildman–Crippen MR) is 86.2 cm³/mol. The third-order valence-electron chi connectivity index (χ3n) is 4.77. The van der Waals surface area contributed by atoms with Crippen LogP contribution in [0.3, 0.4) is 0 Å². The van der Waals surface area contributed by atoms with Crippen molar-refractivity contribution in [1.82, 2.24) is 4.90 Å². The summed E-state index contributed by atoms with van der Waals surface area (Å²) in [6.07, 6.45) is 2.22. The van der Waals surface area contributed by atoms with E-state index >= 15 is 0 Å². The minimum absolute atomic E-state index is 0.159. The molecule has 0 amide bonds. The number of benzene rings is 1. The molecule has 2 aliphatic rings. The predicted octanol–water partition coefficient (Wildman–Crippen LogP) is 2.65. The van der Waals surface area contributed by atoms with Gasteiger partial charge in [0.15, 0.2) is 0 Å². The lowest BCUT2D eigenvalue weighted by Crippen LogP contribution is -2.57. The van der Waals surface area contributed by atoms with Crippen LogP contribution < -0.4 is 0 Å². The summed E-state index contributed by atoms with van der Waals surface area (Å²) in [7, 11) is 0. The zero-order valence-electron chi connectivity index (χ0n) is 13.1. The Balaban J connectivity index is 1.68. The van der Waals surface area contributed by atoms with E-state index in [2.05, 4.69) is 41.0 Å². The van der Waals surface area contributed by atoms with Gasteiger partial charge in [0.2, 0.25) is 0 Å². The second kappa shape index (κ2) is 7.09. The highest BCUT2D eigenvalue weighted by Gasteiger charge is 2.40. The van der Waals surface area contributed by atoms with E-state index in [-0.39, 0.29) is 5.92 Å². The van der Waals surface area contributed by atoms with Gasteiger partial charge in [-0.3, -0.25) is 9.69 Å². The number of hydrogen-bond donors (Lipinski definition) is 0. The van der Waals surface area contributed by atoms with Gasteiger partial charge in [-0.05, 0) is 25.3 Å².